The second-order valence-electron chi connectivity index (χ2n) is 6.35. The molecule has 150 valence electrons. The van der Waals surface area contributed by atoms with Crippen molar-refractivity contribution < 1.29 is 14.3 Å². The number of methoxy groups -OCH3 is 1. The predicted molar refractivity (Wildman–Crippen MR) is 115 cm³/mol. The van der Waals surface area contributed by atoms with Gasteiger partial charge in [0.15, 0.2) is 5.16 Å². The molecule has 3 aromatic rings. The molecular formula is C21H22N4O3S. The van der Waals surface area contributed by atoms with E-state index < -0.39 is 0 Å². The molecule has 0 spiro atoms. The van der Waals surface area contributed by atoms with E-state index in [-0.39, 0.29) is 17.6 Å². The van der Waals surface area contributed by atoms with Gasteiger partial charge in [-0.15, -0.1) is 0 Å². The van der Waals surface area contributed by atoms with E-state index in [0.29, 0.717) is 16.5 Å². The number of benzene rings is 2. The van der Waals surface area contributed by atoms with Crippen molar-refractivity contribution in [3.8, 4) is 11.4 Å². The summed E-state index contributed by atoms with van der Waals surface area (Å²) in [4.78, 5) is 27.9. The Morgan fingerprint density at radius 1 is 1.14 bits per heavy atom. The zero-order valence-electron chi connectivity index (χ0n) is 16.4. The number of nitrogens with zero attached hydrogens (tertiary/aromatic N) is 2. The first-order valence-electron chi connectivity index (χ1n) is 8.95. The first kappa shape index (κ1) is 20.5. The molecule has 3 rings (SSSR count). The lowest BCUT2D eigenvalue weighted by atomic mass is 10.2. The van der Waals surface area contributed by atoms with Gasteiger partial charge in [-0.1, -0.05) is 23.9 Å². The zero-order chi connectivity index (χ0) is 20.8. The SMILES string of the molecule is COc1ccc(C)cc1-n1ccnc1SCC(=O)Nc1cccc(NC(C)=O)c1. The Balaban J connectivity index is 1.68. The topological polar surface area (TPSA) is 85.2 Å². The van der Waals surface area contributed by atoms with E-state index >= 15 is 0 Å². The predicted octanol–water partition coefficient (Wildman–Crippen LogP) is 3.88. The van der Waals surface area contributed by atoms with Crippen LogP contribution in [0.4, 0.5) is 11.4 Å². The van der Waals surface area contributed by atoms with Crippen molar-refractivity contribution in [1.29, 1.82) is 0 Å². The van der Waals surface area contributed by atoms with E-state index in [1.165, 1.54) is 18.7 Å². The van der Waals surface area contributed by atoms with Gasteiger partial charge in [-0.25, -0.2) is 4.98 Å². The number of rotatable bonds is 7. The smallest absolute Gasteiger partial charge is 0.234 e. The fourth-order valence-corrected chi connectivity index (χ4v) is 3.54. The molecule has 0 saturated carbocycles. The van der Waals surface area contributed by atoms with Crippen molar-refractivity contribution in [2.75, 3.05) is 23.5 Å². The van der Waals surface area contributed by atoms with Crippen molar-refractivity contribution in [3.63, 3.8) is 0 Å². The van der Waals surface area contributed by atoms with Gasteiger partial charge in [-0.3, -0.25) is 14.2 Å². The van der Waals surface area contributed by atoms with Crippen LogP contribution in [0.15, 0.2) is 60.0 Å². The largest absolute Gasteiger partial charge is 0.495 e. The van der Waals surface area contributed by atoms with Crippen molar-refractivity contribution in [2.24, 2.45) is 0 Å². The molecule has 0 aliphatic heterocycles. The van der Waals surface area contributed by atoms with Crippen LogP contribution in [-0.2, 0) is 9.59 Å². The molecule has 0 atom stereocenters. The van der Waals surface area contributed by atoms with Crippen LogP contribution < -0.4 is 15.4 Å². The Morgan fingerprint density at radius 2 is 1.90 bits per heavy atom. The van der Waals surface area contributed by atoms with Crippen molar-refractivity contribution >= 4 is 35.0 Å². The van der Waals surface area contributed by atoms with Gasteiger partial charge in [0.05, 0.1) is 18.6 Å². The standard InChI is InChI=1S/C21H22N4O3S/c1-14-7-8-19(28-3)18(11-14)25-10-9-22-21(25)29-13-20(27)24-17-6-4-5-16(12-17)23-15(2)26/h4-12H,13H2,1-3H3,(H,23,26)(H,24,27). The number of imidazole rings is 1. The van der Waals surface area contributed by atoms with Crippen LogP contribution in [0.1, 0.15) is 12.5 Å². The van der Waals surface area contributed by atoms with Gasteiger partial charge < -0.3 is 15.4 Å². The number of carbonyl (C=O) groups is 2. The van der Waals surface area contributed by atoms with Crippen LogP contribution in [0.2, 0.25) is 0 Å². The van der Waals surface area contributed by atoms with Crippen LogP contribution >= 0.6 is 11.8 Å². The van der Waals surface area contributed by atoms with Crippen LogP contribution in [0.3, 0.4) is 0 Å². The highest BCUT2D eigenvalue weighted by molar-refractivity contribution is 7.99. The Kier molecular flexibility index (Phi) is 6.56. The summed E-state index contributed by atoms with van der Waals surface area (Å²) < 4.78 is 7.36. The fraction of sp³-hybridized carbons (Fsp3) is 0.190. The Morgan fingerprint density at radius 3 is 2.62 bits per heavy atom. The minimum absolute atomic E-state index is 0.164. The summed E-state index contributed by atoms with van der Waals surface area (Å²) in [5.41, 5.74) is 3.22. The first-order valence-corrected chi connectivity index (χ1v) is 9.93. The Hall–Kier alpha value is -3.26. The second-order valence-corrected chi connectivity index (χ2v) is 7.30. The molecule has 0 unspecified atom stereocenters. The van der Waals surface area contributed by atoms with E-state index in [2.05, 4.69) is 15.6 Å². The van der Waals surface area contributed by atoms with Crippen LogP contribution in [0.25, 0.3) is 5.69 Å². The van der Waals surface area contributed by atoms with E-state index in [9.17, 15) is 9.59 Å². The number of thioether (sulfide) groups is 1. The van der Waals surface area contributed by atoms with E-state index in [1.807, 2.05) is 35.9 Å². The van der Waals surface area contributed by atoms with Crippen LogP contribution in [0, 0.1) is 6.92 Å². The van der Waals surface area contributed by atoms with E-state index in [0.717, 1.165) is 17.0 Å². The number of anilines is 2. The van der Waals surface area contributed by atoms with Crippen molar-refractivity contribution in [2.45, 2.75) is 19.0 Å². The minimum atomic E-state index is -0.166. The average Bonchev–Trinajstić information content (AvgIpc) is 3.14. The van der Waals surface area contributed by atoms with E-state index in [1.54, 1.807) is 37.6 Å². The molecule has 0 aliphatic carbocycles. The zero-order valence-corrected chi connectivity index (χ0v) is 17.2. The van der Waals surface area contributed by atoms with Crippen LogP contribution in [0.5, 0.6) is 5.75 Å². The number of hydrogen-bond acceptors (Lipinski definition) is 5. The summed E-state index contributed by atoms with van der Waals surface area (Å²) in [5.74, 6) is 0.591. The molecular weight excluding hydrogens is 388 g/mol. The normalized spacial score (nSPS) is 10.4. The second kappa shape index (κ2) is 9.29. The third kappa shape index (κ3) is 5.39. The molecule has 0 saturated heterocycles. The van der Waals surface area contributed by atoms with E-state index in [4.69, 9.17) is 4.74 Å². The lowest BCUT2D eigenvalue weighted by Gasteiger charge is -2.13. The summed E-state index contributed by atoms with van der Waals surface area (Å²) >= 11 is 1.33. The van der Waals surface area contributed by atoms with Gasteiger partial charge in [0.25, 0.3) is 0 Å². The molecule has 29 heavy (non-hydrogen) atoms. The lowest BCUT2D eigenvalue weighted by molar-refractivity contribution is -0.114. The van der Waals surface area contributed by atoms with Gasteiger partial charge in [0.2, 0.25) is 11.8 Å². The molecule has 0 aliphatic rings. The summed E-state index contributed by atoms with van der Waals surface area (Å²) in [7, 11) is 1.63. The van der Waals surface area contributed by atoms with Crippen LogP contribution in [-0.4, -0.2) is 34.2 Å². The maximum atomic E-state index is 12.4. The molecule has 7 nitrogen and oxygen atoms in total. The number of nitrogens with one attached hydrogen (secondary N) is 2. The number of carbonyl (C=O) groups excluding carboxylic acids is 2. The van der Waals surface area contributed by atoms with Gasteiger partial charge in [0.1, 0.15) is 5.75 Å². The number of aryl methyl sites for hydroxylation is 1. The minimum Gasteiger partial charge on any atom is -0.495 e. The monoisotopic (exact) mass is 410 g/mol. The van der Waals surface area contributed by atoms with Gasteiger partial charge in [-0.05, 0) is 42.8 Å². The molecule has 2 amide bonds. The number of hydrogen-bond donors (Lipinski definition) is 2. The number of amides is 2. The molecule has 0 radical (unpaired) electrons. The molecule has 0 fully saturated rings. The maximum Gasteiger partial charge on any atom is 0.234 e. The maximum absolute atomic E-state index is 12.4. The molecule has 2 aromatic carbocycles. The Labute approximate surface area is 173 Å². The molecule has 1 aromatic heterocycles. The highest BCUT2D eigenvalue weighted by Gasteiger charge is 2.13. The fourth-order valence-electron chi connectivity index (χ4n) is 2.77. The first-order chi connectivity index (χ1) is 14.0. The molecule has 2 N–H and O–H groups in total. The lowest BCUT2D eigenvalue weighted by Crippen LogP contribution is -2.15. The van der Waals surface area contributed by atoms with Gasteiger partial charge >= 0.3 is 0 Å². The molecule has 8 heteroatoms. The highest BCUT2D eigenvalue weighted by Crippen LogP contribution is 2.28. The quantitative estimate of drug-likeness (QED) is 0.578. The Bertz CT molecular complexity index is 1030. The van der Waals surface area contributed by atoms with Crippen molar-refractivity contribution in [1.82, 2.24) is 9.55 Å². The van der Waals surface area contributed by atoms with Crippen molar-refractivity contribution in [3.05, 3.63) is 60.4 Å². The average molecular weight is 410 g/mol. The number of aromatic nitrogens is 2. The third-order valence-corrected chi connectivity index (χ3v) is 4.97. The summed E-state index contributed by atoms with van der Waals surface area (Å²) in [6.07, 6.45) is 3.54. The third-order valence-electron chi connectivity index (χ3n) is 4.00. The molecule has 1 heterocycles. The molecule has 0 bridgehead atoms. The summed E-state index contributed by atoms with van der Waals surface area (Å²) in [6, 6.07) is 12.9. The highest BCUT2D eigenvalue weighted by atomic mass is 32.2. The summed E-state index contributed by atoms with van der Waals surface area (Å²) in [6.45, 7) is 3.45. The van der Waals surface area contributed by atoms with Gasteiger partial charge in [-0.2, -0.15) is 0 Å². The van der Waals surface area contributed by atoms with Gasteiger partial charge in [0, 0.05) is 30.7 Å². The number of ether oxygens (including phenoxy) is 1. The summed E-state index contributed by atoms with van der Waals surface area (Å²) in [5, 5.41) is 6.22.